The summed E-state index contributed by atoms with van der Waals surface area (Å²) in [4.78, 5) is 10.5. The van der Waals surface area contributed by atoms with Crippen LogP contribution in [0, 0.1) is 0 Å². The molecule has 0 aliphatic carbocycles. The molecule has 0 radical (unpaired) electrons. The molecule has 1 rings (SSSR count). The Kier molecular flexibility index (Phi) is 3.09. The zero-order chi connectivity index (χ0) is 10.8. The van der Waals surface area contributed by atoms with Gasteiger partial charge in [-0.2, -0.15) is 5.10 Å². The molecule has 0 aromatic carbocycles. The van der Waals surface area contributed by atoms with Gasteiger partial charge < -0.3 is 4.79 Å². The van der Waals surface area contributed by atoms with E-state index in [1.54, 1.807) is 6.20 Å². The van der Waals surface area contributed by atoms with Crippen LogP contribution in [0.25, 0.3) is 0 Å². The maximum absolute atomic E-state index is 10.5. The molecule has 0 aliphatic rings. The van der Waals surface area contributed by atoms with Gasteiger partial charge in [0.05, 0.1) is 6.20 Å². The maximum atomic E-state index is 10.5. The zero-order valence-corrected chi connectivity index (χ0v) is 9.37. The highest BCUT2D eigenvalue weighted by molar-refractivity contribution is 5.55. The van der Waals surface area contributed by atoms with E-state index in [0.29, 0.717) is 6.42 Å². The molecule has 78 valence electrons. The van der Waals surface area contributed by atoms with Crippen molar-refractivity contribution in [3.8, 4) is 0 Å². The number of aldehydes is 1. The van der Waals surface area contributed by atoms with Crippen molar-refractivity contribution in [3.63, 3.8) is 0 Å². The van der Waals surface area contributed by atoms with E-state index in [1.807, 2.05) is 4.68 Å². The summed E-state index contributed by atoms with van der Waals surface area (Å²) in [7, 11) is 0. The van der Waals surface area contributed by atoms with E-state index in [4.69, 9.17) is 0 Å². The largest absolute Gasteiger partial charge is 0.303 e. The van der Waals surface area contributed by atoms with Crippen LogP contribution in [0.5, 0.6) is 0 Å². The number of nitrogens with zero attached hydrogens (tertiary/aromatic N) is 2. The van der Waals surface area contributed by atoms with E-state index >= 15 is 0 Å². The fraction of sp³-hybridized carbons (Fsp3) is 0.636. The van der Waals surface area contributed by atoms with Crippen molar-refractivity contribution in [1.29, 1.82) is 0 Å². The van der Waals surface area contributed by atoms with Crippen molar-refractivity contribution < 1.29 is 4.79 Å². The molecule has 0 N–H and O–H groups in total. The summed E-state index contributed by atoms with van der Waals surface area (Å²) in [6.45, 7) is 9.35. The molecule has 3 heteroatoms. The highest BCUT2D eigenvalue weighted by atomic mass is 16.1. The van der Waals surface area contributed by atoms with Crippen molar-refractivity contribution in [1.82, 2.24) is 9.78 Å². The number of carbonyl (C=O) groups excluding carboxylic acids is 1. The van der Waals surface area contributed by atoms with Crippen molar-refractivity contribution in [2.45, 2.75) is 46.1 Å². The molecule has 0 amide bonds. The van der Waals surface area contributed by atoms with E-state index in [9.17, 15) is 4.79 Å². The van der Waals surface area contributed by atoms with E-state index in [1.165, 1.54) is 5.69 Å². The summed E-state index contributed by atoms with van der Waals surface area (Å²) in [5.41, 5.74) is 2.27. The Hall–Kier alpha value is -1.12. The van der Waals surface area contributed by atoms with Gasteiger partial charge >= 0.3 is 0 Å². The van der Waals surface area contributed by atoms with Crippen LogP contribution in [0.3, 0.4) is 0 Å². The van der Waals surface area contributed by atoms with Crippen molar-refractivity contribution in [3.05, 3.63) is 17.5 Å². The first-order chi connectivity index (χ1) is 6.50. The third-order valence-electron chi connectivity index (χ3n) is 2.23. The van der Waals surface area contributed by atoms with Gasteiger partial charge in [-0.25, -0.2) is 0 Å². The van der Waals surface area contributed by atoms with Crippen molar-refractivity contribution >= 4 is 6.29 Å². The second-order valence-electron chi connectivity index (χ2n) is 4.45. The van der Waals surface area contributed by atoms with Crippen molar-refractivity contribution in [2.24, 2.45) is 0 Å². The third kappa shape index (κ3) is 2.03. The zero-order valence-electron chi connectivity index (χ0n) is 9.37. The molecule has 0 unspecified atom stereocenters. The van der Waals surface area contributed by atoms with Gasteiger partial charge in [-0.05, 0) is 6.92 Å². The second kappa shape index (κ2) is 3.95. The molecule has 1 heterocycles. The Balaban J connectivity index is 3.19. The highest BCUT2D eigenvalue weighted by Crippen LogP contribution is 2.25. The SMILES string of the molecule is CCn1ncc(CC=O)c1C(C)(C)C. The summed E-state index contributed by atoms with van der Waals surface area (Å²) in [5.74, 6) is 0. The molecule has 1 aromatic rings. The third-order valence-corrected chi connectivity index (χ3v) is 2.23. The fourth-order valence-corrected chi connectivity index (χ4v) is 1.77. The Labute approximate surface area is 85.1 Å². The monoisotopic (exact) mass is 194 g/mol. The van der Waals surface area contributed by atoms with Gasteiger partial charge in [0.2, 0.25) is 0 Å². The van der Waals surface area contributed by atoms with Gasteiger partial charge in [-0.1, -0.05) is 20.8 Å². The average Bonchev–Trinajstić information content (AvgIpc) is 2.47. The molecule has 3 nitrogen and oxygen atoms in total. The Morgan fingerprint density at radius 3 is 2.57 bits per heavy atom. The number of rotatable bonds is 3. The van der Waals surface area contributed by atoms with Gasteiger partial charge in [-0.3, -0.25) is 4.68 Å². The summed E-state index contributed by atoms with van der Waals surface area (Å²) < 4.78 is 1.97. The topological polar surface area (TPSA) is 34.9 Å². The lowest BCUT2D eigenvalue weighted by molar-refractivity contribution is -0.107. The van der Waals surface area contributed by atoms with Gasteiger partial charge in [0.1, 0.15) is 6.29 Å². The first kappa shape index (κ1) is 11.0. The lowest BCUT2D eigenvalue weighted by atomic mass is 9.88. The van der Waals surface area contributed by atoms with Crippen LogP contribution >= 0.6 is 0 Å². The first-order valence-electron chi connectivity index (χ1n) is 4.99. The summed E-state index contributed by atoms with van der Waals surface area (Å²) in [6, 6.07) is 0. The van der Waals surface area contributed by atoms with Crippen LogP contribution in [0.2, 0.25) is 0 Å². The lowest BCUT2D eigenvalue weighted by Gasteiger charge is -2.21. The number of hydrogen-bond acceptors (Lipinski definition) is 2. The van der Waals surface area contributed by atoms with E-state index in [2.05, 4.69) is 32.8 Å². The van der Waals surface area contributed by atoms with E-state index in [0.717, 1.165) is 18.4 Å². The minimum atomic E-state index is 0.0465. The van der Waals surface area contributed by atoms with Crippen LogP contribution in [0.4, 0.5) is 0 Å². The van der Waals surface area contributed by atoms with Crippen molar-refractivity contribution in [2.75, 3.05) is 0 Å². The fourth-order valence-electron chi connectivity index (χ4n) is 1.77. The van der Waals surface area contributed by atoms with Gasteiger partial charge in [0.15, 0.2) is 0 Å². The van der Waals surface area contributed by atoms with Crippen LogP contribution in [0.1, 0.15) is 39.0 Å². The predicted molar refractivity (Wildman–Crippen MR) is 56.4 cm³/mol. The van der Waals surface area contributed by atoms with E-state index < -0.39 is 0 Å². The highest BCUT2D eigenvalue weighted by Gasteiger charge is 2.22. The summed E-state index contributed by atoms with van der Waals surface area (Å²) >= 11 is 0. The number of aryl methyl sites for hydroxylation is 1. The minimum Gasteiger partial charge on any atom is -0.303 e. The summed E-state index contributed by atoms with van der Waals surface area (Å²) in [5, 5.41) is 4.28. The molecule has 1 aromatic heterocycles. The molecule has 14 heavy (non-hydrogen) atoms. The molecule has 0 aliphatic heterocycles. The Bertz CT molecular complexity index is 321. The molecular weight excluding hydrogens is 176 g/mol. The van der Waals surface area contributed by atoms with Crippen LogP contribution in [0.15, 0.2) is 6.20 Å². The van der Waals surface area contributed by atoms with Gasteiger partial charge in [0.25, 0.3) is 0 Å². The Morgan fingerprint density at radius 2 is 2.14 bits per heavy atom. The standard InChI is InChI=1S/C11H18N2O/c1-5-13-10(11(2,3)4)9(6-7-14)8-12-13/h7-8H,5-6H2,1-4H3. The molecule has 0 saturated carbocycles. The molecular formula is C11H18N2O. The lowest BCUT2D eigenvalue weighted by Crippen LogP contribution is -2.20. The molecule has 0 spiro atoms. The van der Waals surface area contributed by atoms with Gasteiger partial charge in [0, 0.05) is 29.6 Å². The van der Waals surface area contributed by atoms with Crippen LogP contribution < -0.4 is 0 Å². The smallest absolute Gasteiger partial charge is 0.124 e. The normalized spacial score (nSPS) is 11.7. The van der Waals surface area contributed by atoms with E-state index in [-0.39, 0.29) is 5.41 Å². The number of carbonyl (C=O) groups is 1. The number of aromatic nitrogens is 2. The summed E-state index contributed by atoms with van der Waals surface area (Å²) in [6.07, 6.45) is 3.21. The molecule has 0 atom stereocenters. The number of hydrogen-bond donors (Lipinski definition) is 0. The molecule has 0 fully saturated rings. The first-order valence-corrected chi connectivity index (χ1v) is 4.99. The van der Waals surface area contributed by atoms with Gasteiger partial charge in [-0.15, -0.1) is 0 Å². The second-order valence-corrected chi connectivity index (χ2v) is 4.45. The molecule has 0 saturated heterocycles. The minimum absolute atomic E-state index is 0.0465. The molecule has 0 bridgehead atoms. The van der Waals surface area contributed by atoms with Crippen LogP contribution in [-0.2, 0) is 23.2 Å². The maximum Gasteiger partial charge on any atom is 0.124 e. The predicted octanol–water partition coefficient (Wildman–Crippen LogP) is 1.94. The van der Waals surface area contributed by atoms with Crippen LogP contribution in [-0.4, -0.2) is 16.1 Å². The quantitative estimate of drug-likeness (QED) is 0.689. The average molecular weight is 194 g/mol. The Morgan fingerprint density at radius 1 is 1.50 bits per heavy atom.